The molecule has 2 aromatic rings. The van der Waals surface area contributed by atoms with E-state index in [1.165, 1.54) is 30.2 Å². The molecular weight excluding hydrogens is 526 g/mol. The van der Waals surface area contributed by atoms with Crippen molar-refractivity contribution in [1.82, 2.24) is 29.7 Å². The Morgan fingerprint density at radius 3 is 2.86 bits per heavy atom. The number of aromatic nitrogens is 4. The number of quaternary nitrogens is 1. The van der Waals surface area contributed by atoms with Gasteiger partial charge in [0.05, 0.1) is 20.6 Å². The van der Waals surface area contributed by atoms with Gasteiger partial charge >= 0.3 is 5.97 Å². The van der Waals surface area contributed by atoms with E-state index < -0.39 is 29.2 Å². The van der Waals surface area contributed by atoms with Crippen LogP contribution in [0.15, 0.2) is 39.5 Å². The molecule has 0 aromatic carbocycles. The zero-order valence-electron chi connectivity index (χ0n) is 20.0. The molecule has 2 aromatic heterocycles. The van der Waals surface area contributed by atoms with Gasteiger partial charge in [0.15, 0.2) is 5.13 Å². The molecule has 0 radical (unpaired) electrons. The van der Waals surface area contributed by atoms with Crippen LogP contribution >= 0.6 is 23.3 Å². The lowest BCUT2D eigenvalue weighted by atomic mass is 10.0. The number of nitrogens with two attached hydrogens (primary N) is 1. The number of likely N-dealkylation sites (N-methyl/N-ethyl adjacent to an activating group) is 1. The molecule has 2 aliphatic rings. The third kappa shape index (κ3) is 5.62. The standard InChI is InChI=1S/C20H23N9O6S2/c1-29(2,7-11-22-9-35-25-11)6-4-5-10-8-36-18-13(17(31)28(18)14(10)19(32)33)23-16(30)12(26-34-3)15-24-20(21)37-27-15/h4-5,9,13,18H,6-8H2,1-3H3,(H3-,21,23,24,27,30,32,33)/p+1/b5-4+,26-12-/t13-,18-/m1/s1. The molecule has 15 nitrogen and oxygen atoms in total. The van der Waals surface area contributed by atoms with Crippen molar-refractivity contribution in [2.24, 2.45) is 5.16 Å². The highest BCUT2D eigenvalue weighted by Gasteiger charge is 2.54. The zero-order chi connectivity index (χ0) is 26.7. The van der Waals surface area contributed by atoms with E-state index >= 15 is 0 Å². The Hall–Kier alpha value is -3.83. The summed E-state index contributed by atoms with van der Waals surface area (Å²) in [6, 6.07) is -0.957. The molecule has 0 saturated carbocycles. The molecule has 0 unspecified atom stereocenters. The number of thioether (sulfide) groups is 1. The van der Waals surface area contributed by atoms with Crippen molar-refractivity contribution < 1.29 is 33.3 Å². The number of nitrogen functional groups attached to an aromatic ring is 1. The van der Waals surface area contributed by atoms with E-state index in [2.05, 4.69) is 30.0 Å². The molecule has 1 fully saturated rings. The Kier molecular flexibility index (Phi) is 7.55. The number of carbonyl (C=O) groups excluding carboxylic acids is 2. The predicted octanol–water partition coefficient (Wildman–Crippen LogP) is -0.575. The van der Waals surface area contributed by atoms with Crippen LogP contribution in [0.3, 0.4) is 0 Å². The van der Waals surface area contributed by atoms with E-state index in [-0.39, 0.29) is 22.4 Å². The summed E-state index contributed by atoms with van der Waals surface area (Å²) < 4.78 is 9.22. The smallest absolute Gasteiger partial charge is 0.352 e. The fourth-order valence-corrected chi connectivity index (χ4v) is 5.53. The van der Waals surface area contributed by atoms with Crippen molar-refractivity contribution >= 4 is 51.9 Å². The number of hydrogen-bond acceptors (Lipinski definition) is 13. The first kappa shape index (κ1) is 26.2. The topological polar surface area (TPSA) is 199 Å². The second-order valence-electron chi connectivity index (χ2n) is 8.64. The van der Waals surface area contributed by atoms with Crippen LogP contribution in [0.25, 0.3) is 0 Å². The molecule has 0 aliphatic carbocycles. The van der Waals surface area contributed by atoms with Crippen LogP contribution in [-0.2, 0) is 25.8 Å². The van der Waals surface area contributed by atoms with E-state index in [9.17, 15) is 19.5 Å². The van der Waals surface area contributed by atoms with Crippen molar-refractivity contribution in [3.63, 3.8) is 0 Å². The van der Waals surface area contributed by atoms with Crippen molar-refractivity contribution in [1.29, 1.82) is 0 Å². The quantitative estimate of drug-likeness (QED) is 0.147. The van der Waals surface area contributed by atoms with Crippen LogP contribution in [0, 0.1) is 0 Å². The number of rotatable bonds is 10. The third-order valence-corrected chi connectivity index (χ3v) is 7.28. The number of nitrogens with one attached hydrogen (secondary N) is 1. The second kappa shape index (κ2) is 10.7. The normalized spacial score (nSPS) is 20.1. The number of hydrogen-bond donors (Lipinski definition) is 3. The highest BCUT2D eigenvalue weighted by atomic mass is 32.2. The maximum atomic E-state index is 13.0. The molecule has 37 heavy (non-hydrogen) atoms. The number of anilines is 1. The number of oxime groups is 1. The van der Waals surface area contributed by atoms with Gasteiger partial charge in [-0.25, -0.2) is 4.79 Å². The molecule has 17 heteroatoms. The number of β-lactam (4-membered cyclic amide) rings is 1. The fourth-order valence-electron chi connectivity index (χ4n) is 3.78. The van der Waals surface area contributed by atoms with Gasteiger partial charge in [0.25, 0.3) is 11.8 Å². The molecule has 0 spiro atoms. The number of carboxylic acid groups (broad SMARTS) is 1. The lowest BCUT2D eigenvalue weighted by Gasteiger charge is -2.49. The van der Waals surface area contributed by atoms with Crippen molar-refractivity contribution in [2.45, 2.75) is 18.0 Å². The Balaban J connectivity index is 1.46. The summed E-state index contributed by atoms with van der Waals surface area (Å²) in [7, 11) is 5.20. The molecule has 4 heterocycles. The second-order valence-corrected chi connectivity index (χ2v) is 10.5. The van der Waals surface area contributed by atoms with Crippen molar-refractivity contribution in [2.75, 3.05) is 39.2 Å². The van der Waals surface area contributed by atoms with Gasteiger partial charge in [-0.05, 0) is 11.6 Å². The number of carboxylic acids is 1. The molecule has 4 rings (SSSR count). The lowest BCUT2D eigenvalue weighted by Crippen LogP contribution is -2.71. The van der Waals surface area contributed by atoms with Crippen LogP contribution < -0.4 is 11.1 Å². The third-order valence-electron chi connectivity index (χ3n) is 5.43. The zero-order valence-corrected chi connectivity index (χ0v) is 21.7. The SMILES string of the molecule is CO/N=C(\C(=O)N[C@@H]1C(=O)N2C(C(=O)O)=C(/C=C/C[N+](C)(C)Cc3ncon3)CS[C@H]12)c1nsc(N)n1. The summed E-state index contributed by atoms with van der Waals surface area (Å²) in [6.45, 7) is 1.08. The Bertz CT molecular complexity index is 1290. The van der Waals surface area contributed by atoms with E-state index in [0.29, 0.717) is 34.7 Å². The van der Waals surface area contributed by atoms with Gasteiger partial charge in [0, 0.05) is 17.3 Å². The fraction of sp³-hybridized carbons (Fsp3) is 0.400. The molecule has 1 saturated heterocycles. The van der Waals surface area contributed by atoms with Crippen LogP contribution in [0.2, 0.25) is 0 Å². The van der Waals surface area contributed by atoms with Gasteiger partial charge in [-0.1, -0.05) is 16.4 Å². The molecule has 2 aliphatic heterocycles. The number of allylic oxidation sites excluding steroid dienone is 1. The average Bonchev–Trinajstić information content (AvgIpc) is 3.51. The van der Waals surface area contributed by atoms with Crippen molar-refractivity contribution in [3.8, 4) is 0 Å². The van der Waals surface area contributed by atoms with Crippen LogP contribution in [-0.4, -0.2) is 102 Å². The average molecular weight is 551 g/mol. The summed E-state index contributed by atoms with van der Waals surface area (Å²) in [5.41, 5.74) is 5.72. The van der Waals surface area contributed by atoms with E-state index in [1.807, 2.05) is 20.2 Å². The molecule has 2 amide bonds. The largest absolute Gasteiger partial charge is 0.477 e. The minimum Gasteiger partial charge on any atom is -0.477 e. The van der Waals surface area contributed by atoms with Gasteiger partial charge in [-0.2, -0.15) is 14.3 Å². The number of amides is 2. The van der Waals surface area contributed by atoms with Gasteiger partial charge in [0.2, 0.25) is 23.8 Å². The van der Waals surface area contributed by atoms with E-state index in [1.54, 1.807) is 6.08 Å². The monoisotopic (exact) mass is 550 g/mol. The number of nitrogens with zero attached hydrogens (tertiary/aromatic N) is 7. The maximum Gasteiger partial charge on any atom is 0.352 e. The number of aliphatic carboxylic acids is 1. The maximum absolute atomic E-state index is 13.0. The first-order valence-electron chi connectivity index (χ1n) is 10.8. The highest BCUT2D eigenvalue weighted by Crippen LogP contribution is 2.40. The van der Waals surface area contributed by atoms with Gasteiger partial charge in [-0.15, -0.1) is 11.8 Å². The molecule has 196 valence electrons. The van der Waals surface area contributed by atoms with Crippen molar-refractivity contribution in [3.05, 3.63) is 41.5 Å². The van der Waals surface area contributed by atoms with Gasteiger partial charge in [0.1, 0.15) is 30.8 Å². The summed E-state index contributed by atoms with van der Waals surface area (Å²) in [4.78, 5) is 51.7. The van der Waals surface area contributed by atoms with E-state index in [0.717, 1.165) is 11.5 Å². The predicted molar refractivity (Wildman–Crippen MR) is 132 cm³/mol. The Morgan fingerprint density at radius 1 is 1.46 bits per heavy atom. The van der Waals surface area contributed by atoms with Crippen LogP contribution in [0.4, 0.5) is 5.13 Å². The molecule has 0 bridgehead atoms. The van der Waals surface area contributed by atoms with E-state index in [4.69, 9.17) is 15.1 Å². The summed E-state index contributed by atoms with van der Waals surface area (Å²) in [5.74, 6) is -1.67. The van der Waals surface area contributed by atoms with Gasteiger partial charge < -0.3 is 30.0 Å². The highest BCUT2D eigenvalue weighted by molar-refractivity contribution is 8.00. The number of fused-ring (bicyclic) bond motifs is 1. The molecule has 4 N–H and O–H groups in total. The summed E-state index contributed by atoms with van der Waals surface area (Å²) in [6.07, 6.45) is 4.83. The number of carbonyl (C=O) groups is 3. The Morgan fingerprint density at radius 2 is 2.24 bits per heavy atom. The lowest BCUT2D eigenvalue weighted by molar-refractivity contribution is -0.898. The Labute approximate surface area is 218 Å². The van der Waals surface area contributed by atoms with Crippen LogP contribution in [0.5, 0.6) is 0 Å². The minimum absolute atomic E-state index is 0.0408. The first-order chi connectivity index (χ1) is 17.6. The summed E-state index contributed by atoms with van der Waals surface area (Å²) >= 11 is 2.22. The summed E-state index contributed by atoms with van der Waals surface area (Å²) in [5, 5.41) is 19.5. The molecular formula is C20H24N9O6S2+. The molecule has 2 atom stereocenters. The van der Waals surface area contributed by atoms with Gasteiger partial charge in [-0.3, -0.25) is 14.5 Å². The van der Waals surface area contributed by atoms with Crippen LogP contribution in [0.1, 0.15) is 11.6 Å². The minimum atomic E-state index is -1.23. The first-order valence-corrected chi connectivity index (χ1v) is 12.6.